The summed E-state index contributed by atoms with van der Waals surface area (Å²) in [5.41, 5.74) is 4.90. The van der Waals surface area contributed by atoms with Gasteiger partial charge in [-0.05, 0) is 47.7 Å². The highest BCUT2D eigenvalue weighted by atomic mass is 19.3. The number of nitrogens with zero attached hydrogens (tertiary/aromatic N) is 1. The average Bonchev–Trinajstić information content (AvgIpc) is 3.33. The van der Waals surface area contributed by atoms with Crippen LogP contribution in [0.3, 0.4) is 0 Å². The maximum Gasteiger partial charge on any atom is 0.303 e. The molecule has 202 valence electrons. The molecular formula is C31H31F2N3O3. The Labute approximate surface area is 225 Å². The van der Waals surface area contributed by atoms with Crippen molar-refractivity contribution in [2.45, 2.75) is 44.1 Å². The third kappa shape index (κ3) is 6.28. The summed E-state index contributed by atoms with van der Waals surface area (Å²) in [6.45, 7) is 0.184. The van der Waals surface area contributed by atoms with E-state index in [4.69, 9.17) is 5.11 Å². The van der Waals surface area contributed by atoms with Crippen LogP contribution in [0.15, 0.2) is 79.0 Å². The zero-order chi connectivity index (χ0) is 27.4. The number of carbonyl (C=O) groups excluding carboxylic acids is 1. The molecule has 3 aromatic carbocycles. The highest BCUT2D eigenvalue weighted by Gasteiger charge is 2.36. The monoisotopic (exact) mass is 531 g/mol. The summed E-state index contributed by atoms with van der Waals surface area (Å²) in [4.78, 5) is 29.3. The zero-order valence-electron chi connectivity index (χ0n) is 21.5. The van der Waals surface area contributed by atoms with Crippen LogP contribution in [0.25, 0.3) is 10.9 Å². The standard InChI is InChI=1S/C31H31F2N3O3/c32-31(33)15-6-16-36(20-31)27-10-5-4-9-24(27)30(22-7-2-1-3-8-22)35-28(37)18-21-11-13-26-25(17-21)23(19-34-26)12-14-29(38)39/h1-5,7-11,13,17,19,30,34H,6,12,14-16,18,20H2,(H,35,37)(H,38,39). The quantitative estimate of drug-likeness (QED) is 0.252. The Balaban J connectivity index is 1.41. The number of carbonyl (C=O) groups is 2. The van der Waals surface area contributed by atoms with Crippen molar-refractivity contribution < 1.29 is 23.5 Å². The van der Waals surface area contributed by atoms with E-state index >= 15 is 0 Å². The number of amides is 1. The van der Waals surface area contributed by atoms with Crippen molar-refractivity contribution >= 4 is 28.5 Å². The van der Waals surface area contributed by atoms with Crippen molar-refractivity contribution in [3.05, 3.63) is 101 Å². The van der Waals surface area contributed by atoms with E-state index in [0.717, 1.165) is 33.2 Å². The smallest absolute Gasteiger partial charge is 0.303 e. The van der Waals surface area contributed by atoms with Gasteiger partial charge in [0, 0.05) is 47.7 Å². The first-order chi connectivity index (χ1) is 18.8. The molecule has 1 aliphatic rings. The molecule has 4 aromatic rings. The molecule has 1 fully saturated rings. The lowest BCUT2D eigenvalue weighted by atomic mass is 9.95. The first-order valence-electron chi connectivity index (χ1n) is 13.2. The molecule has 2 heterocycles. The number of carboxylic acid groups (broad SMARTS) is 1. The number of piperidine rings is 1. The number of hydrogen-bond donors (Lipinski definition) is 3. The molecule has 0 radical (unpaired) electrons. The van der Waals surface area contributed by atoms with Crippen molar-refractivity contribution in [3.63, 3.8) is 0 Å². The summed E-state index contributed by atoms with van der Waals surface area (Å²) in [7, 11) is 0. The topological polar surface area (TPSA) is 85.4 Å². The molecule has 0 spiro atoms. The molecule has 1 saturated heterocycles. The second-order valence-electron chi connectivity index (χ2n) is 10.1. The van der Waals surface area contributed by atoms with Crippen molar-refractivity contribution in [1.29, 1.82) is 0 Å². The Morgan fingerprint density at radius 2 is 1.82 bits per heavy atom. The van der Waals surface area contributed by atoms with Gasteiger partial charge in [0.2, 0.25) is 5.91 Å². The number of aryl methyl sites for hydroxylation is 1. The Kier molecular flexibility index (Phi) is 7.63. The fourth-order valence-electron chi connectivity index (χ4n) is 5.36. The number of para-hydroxylation sites is 1. The van der Waals surface area contributed by atoms with Crippen LogP contribution in [0.1, 0.15) is 47.6 Å². The fourth-order valence-corrected chi connectivity index (χ4v) is 5.36. The van der Waals surface area contributed by atoms with Gasteiger partial charge < -0.3 is 20.3 Å². The number of nitrogens with one attached hydrogen (secondary N) is 2. The Hall–Kier alpha value is -4.20. The molecular weight excluding hydrogens is 500 g/mol. The van der Waals surface area contributed by atoms with Crippen LogP contribution < -0.4 is 10.2 Å². The zero-order valence-corrected chi connectivity index (χ0v) is 21.5. The summed E-state index contributed by atoms with van der Waals surface area (Å²) in [5.74, 6) is -3.82. The highest BCUT2D eigenvalue weighted by molar-refractivity contribution is 5.87. The lowest BCUT2D eigenvalue weighted by molar-refractivity contribution is -0.137. The third-order valence-electron chi connectivity index (χ3n) is 7.22. The number of hydrogen-bond acceptors (Lipinski definition) is 3. The predicted octanol–water partition coefficient (Wildman–Crippen LogP) is 5.87. The minimum absolute atomic E-state index is 0.0266. The van der Waals surface area contributed by atoms with Crippen molar-refractivity contribution in [1.82, 2.24) is 10.3 Å². The summed E-state index contributed by atoms with van der Waals surface area (Å²) in [6, 6.07) is 22.1. The van der Waals surface area contributed by atoms with Gasteiger partial charge in [0.25, 0.3) is 5.92 Å². The Bertz CT molecular complexity index is 1470. The highest BCUT2D eigenvalue weighted by Crippen LogP contribution is 2.36. The fraction of sp³-hybridized carbons (Fsp3) is 0.290. The van der Waals surface area contributed by atoms with Crippen molar-refractivity contribution in [2.75, 3.05) is 18.0 Å². The Morgan fingerprint density at radius 3 is 2.59 bits per heavy atom. The largest absolute Gasteiger partial charge is 0.481 e. The molecule has 8 heteroatoms. The van der Waals surface area contributed by atoms with Crippen LogP contribution >= 0.6 is 0 Å². The van der Waals surface area contributed by atoms with Crippen molar-refractivity contribution in [3.8, 4) is 0 Å². The molecule has 1 aromatic heterocycles. The second-order valence-corrected chi connectivity index (χ2v) is 10.1. The van der Waals surface area contributed by atoms with Crippen LogP contribution in [0, 0.1) is 0 Å². The summed E-state index contributed by atoms with van der Waals surface area (Å²) in [5, 5.41) is 13.1. The number of alkyl halides is 2. The van der Waals surface area contributed by atoms with E-state index in [1.807, 2.05) is 79.0 Å². The molecule has 5 rings (SSSR count). The van der Waals surface area contributed by atoms with E-state index in [-0.39, 0.29) is 31.7 Å². The van der Waals surface area contributed by atoms with Gasteiger partial charge in [0.1, 0.15) is 0 Å². The molecule has 1 unspecified atom stereocenters. The molecule has 6 nitrogen and oxygen atoms in total. The van der Waals surface area contributed by atoms with Gasteiger partial charge in [-0.1, -0.05) is 54.6 Å². The van der Waals surface area contributed by atoms with Crippen LogP contribution in [0.2, 0.25) is 0 Å². The number of H-pyrrole nitrogens is 1. The van der Waals surface area contributed by atoms with Crippen LogP contribution in [0.4, 0.5) is 14.5 Å². The number of aromatic amines is 1. The van der Waals surface area contributed by atoms with Gasteiger partial charge in [-0.25, -0.2) is 8.78 Å². The van der Waals surface area contributed by atoms with Crippen LogP contribution in [0.5, 0.6) is 0 Å². The molecule has 1 amide bonds. The van der Waals surface area contributed by atoms with E-state index in [0.29, 0.717) is 25.1 Å². The van der Waals surface area contributed by atoms with Gasteiger partial charge in [-0.3, -0.25) is 9.59 Å². The summed E-state index contributed by atoms with van der Waals surface area (Å²) < 4.78 is 28.6. The number of halogens is 2. The Morgan fingerprint density at radius 1 is 1.05 bits per heavy atom. The molecule has 1 aliphatic heterocycles. The van der Waals surface area contributed by atoms with Gasteiger partial charge in [-0.2, -0.15) is 0 Å². The number of benzene rings is 3. The van der Waals surface area contributed by atoms with E-state index < -0.39 is 17.9 Å². The number of aliphatic carboxylic acids is 1. The average molecular weight is 532 g/mol. The van der Waals surface area contributed by atoms with Gasteiger partial charge in [-0.15, -0.1) is 0 Å². The van der Waals surface area contributed by atoms with Crippen LogP contribution in [-0.4, -0.2) is 41.0 Å². The number of aromatic nitrogens is 1. The first kappa shape index (κ1) is 26.4. The summed E-state index contributed by atoms with van der Waals surface area (Å²) >= 11 is 0. The third-order valence-corrected chi connectivity index (χ3v) is 7.22. The minimum atomic E-state index is -2.75. The maximum absolute atomic E-state index is 14.3. The second kappa shape index (κ2) is 11.3. The number of carboxylic acids is 1. The van der Waals surface area contributed by atoms with Crippen molar-refractivity contribution in [2.24, 2.45) is 0 Å². The minimum Gasteiger partial charge on any atom is -0.481 e. The first-order valence-corrected chi connectivity index (χ1v) is 13.2. The van der Waals surface area contributed by atoms with E-state index in [9.17, 15) is 18.4 Å². The number of fused-ring (bicyclic) bond motifs is 1. The van der Waals surface area contributed by atoms with Gasteiger partial charge >= 0.3 is 5.97 Å². The molecule has 3 N–H and O–H groups in total. The maximum atomic E-state index is 14.3. The molecule has 39 heavy (non-hydrogen) atoms. The number of rotatable bonds is 9. The van der Waals surface area contributed by atoms with E-state index in [2.05, 4.69) is 10.3 Å². The molecule has 0 saturated carbocycles. The summed E-state index contributed by atoms with van der Waals surface area (Å²) in [6.07, 6.45) is 2.64. The normalized spacial score (nSPS) is 15.7. The van der Waals surface area contributed by atoms with Gasteiger partial charge in [0.15, 0.2) is 0 Å². The molecule has 0 aliphatic carbocycles. The molecule has 1 atom stereocenters. The predicted molar refractivity (Wildman–Crippen MR) is 147 cm³/mol. The van der Waals surface area contributed by atoms with E-state index in [1.54, 1.807) is 4.90 Å². The van der Waals surface area contributed by atoms with Gasteiger partial charge in [0.05, 0.1) is 19.0 Å². The SMILES string of the molecule is O=C(O)CCc1c[nH]c2ccc(CC(=O)NC(c3ccccc3)c3ccccc3N3CCCC(F)(F)C3)cc12. The van der Waals surface area contributed by atoms with Crippen LogP contribution in [-0.2, 0) is 22.4 Å². The number of anilines is 1. The molecule has 0 bridgehead atoms. The lowest BCUT2D eigenvalue weighted by Crippen LogP contribution is -2.43. The van der Waals surface area contributed by atoms with E-state index in [1.165, 1.54) is 0 Å². The lowest BCUT2D eigenvalue weighted by Gasteiger charge is -2.36.